The number of carbonyl (C=O) groups excluding carboxylic acids is 2. The van der Waals surface area contributed by atoms with Gasteiger partial charge in [-0.1, -0.05) is 32.3 Å². The van der Waals surface area contributed by atoms with Crippen molar-refractivity contribution in [1.82, 2.24) is 10.2 Å². The molecular weight excluding hydrogens is 400 g/mol. The first-order valence-corrected chi connectivity index (χ1v) is 13.1. The fraction of sp³-hybridized carbons (Fsp3) is 0.852. The van der Waals surface area contributed by atoms with Crippen molar-refractivity contribution in [1.29, 1.82) is 0 Å². The van der Waals surface area contributed by atoms with Gasteiger partial charge in [0.25, 0.3) is 0 Å². The van der Waals surface area contributed by atoms with Crippen molar-refractivity contribution in [2.75, 3.05) is 7.05 Å². The Morgan fingerprint density at radius 2 is 1.81 bits per heavy atom. The molecule has 8 atom stereocenters. The second-order valence-corrected chi connectivity index (χ2v) is 12.2. The van der Waals surface area contributed by atoms with E-state index in [9.17, 15) is 14.7 Å². The molecule has 1 aliphatic heterocycles. The molecule has 0 aromatic rings. The third-order valence-electron chi connectivity index (χ3n) is 10.7. The zero-order valence-electron chi connectivity index (χ0n) is 20.5. The molecule has 0 aromatic carbocycles. The molecule has 2 amide bonds. The molecule has 0 bridgehead atoms. The number of amides is 2. The average molecular weight is 443 g/mol. The Morgan fingerprint density at radius 3 is 2.56 bits per heavy atom. The van der Waals surface area contributed by atoms with Crippen LogP contribution in [0.4, 0.5) is 0 Å². The molecule has 5 rings (SSSR count). The second kappa shape index (κ2) is 7.85. The highest BCUT2D eigenvalue weighted by Crippen LogP contribution is 2.66. The lowest BCUT2D eigenvalue weighted by Crippen LogP contribution is -2.55. The zero-order chi connectivity index (χ0) is 22.8. The van der Waals surface area contributed by atoms with Crippen LogP contribution in [0.15, 0.2) is 11.3 Å². The van der Waals surface area contributed by atoms with E-state index < -0.39 is 0 Å². The summed E-state index contributed by atoms with van der Waals surface area (Å²) in [6, 6.07) is -0.0631. The summed E-state index contributed by atoms with van der Waals surface area (Å²) in [4.78, 5) is 27.9. The predicted molar refractivity (Wildman–Crippen MR) is 124 cm³/mol. The summed E-state index contributed by atoms with van der Waals surface area (Å²) in [5.74, 6) is 2.32. The number of hydrogen-bond acceptors (Lipinski definition) is 3. The number of nitrogens with zero attached hydrogens (tertiary/aromatic N) is 1. The van der Waals surface area contributed by atoms with E-state index in [0.29, 0.717) is 24.2 Å². The average Bonchev–Trinajstić information content (AvgIpc) is 3.10. The van der Waals surface area contributed by atoms with Gasteiger partial charge in [-0.15, -0.1) is 0 Å². The Bertz CT molecular complexity index is 837. The molecule has 178 valence electrons. The number of piperidine rings is 1. The summed E-state index contributed by atoms with van der Waals surface area (Å²) >= 11 is 0. The van der Waals surface area contributed by atoms with Crippen LogP contribution in [0.5, 0.6) is 0 Å². The van der Waals surface area contributed by atoms with Crippen molar-refractivity contribution in [2.45, 2.75) is 104 Å². The van der Waals surface area contributed by atoms with Gasteiger partial charge in [0.15, 0.2) is 0 Å². The molecule has 2 N–H and O–H groups in total. The van der Waals surface area contributed by atoms with Gasteiger partial charge < -0.3 is 15.3 Å². The highest BCUT2D eigenvalue weighted by molar-refractivity contribution is 5.81. The highest BCUT2D eigenvalue weighted by Gasteiger charge is 2.61. The topological polar surface area (TPSA) is 69.6 Å². The van der Waals surface area contributed by atoms with Gasteiger partial charge in [0.2, 0.25) is 11.8 Å². The van der Waals surface area contributed by atoms with Crippen LogP contribution in [-0.2, 0) is 9.59 Å². The van der Waals surface area contributed by atoms with E-state index in [-0.39, 0.29) is 40.7 Å². The number of nitrogens with one attached hydrogen (secondary N) is 1. The molecular formula is C27H42N2O3. The van der Waals surface area contributed by atoms with Crippen LogP contribution in [0, 0.1) is 34.5 Å². The molecule has 0 spiro atoms. The normalized spacial score (nSPS) is 46.4. The summed E-state index contributed by atoms with van der Waals surface area (Å²) in [6.45, 7) is 7.04. The largest absolute Gasteiger partial charge is 0.391 e. The number of carbonyl (C=O) groups is 2. The minimum absolute atomic E-state index is 0.0510. The molecule has 5 aliphatic rings. The Labute approximate surface area is 193 Å². The van der Waals surface area contributed by atoms with Crippen LogP contribution in [0.3, 0.4) is 0 Å². The Kier molecular flexibility index (Phi) is 5.51. The van der Waals surface area contributed by atoms with Crippen molar-refractivity contribution in [3.8, 4) is 0 Å². The van der Waals surface area contributed by atoms with E-state index in [0.717, 1.165) is 64.2 Å². The lowest BCUT2D eigenvalue weighted by atomic mass is 9.48. The minimum atomic E-state index is -0.385. The SMILES string of the molecule is CC1=C2N(C)C(=O)CC[C@]2(C)[C@@H]2CC[C@]3(C)C(C(=O)N[C@H]4CCCC[C@@H]4O)CC[C@H]3[C@@H]2C1. The number of fused-ring (bicyclic) bond motifs is 5. The number of likely N-dealkylation sites (tertiary alicyclic amines) is 1. The van der Waals surface area contributed by atoms with Crippen LogP contribution in [0.2, 0.25) is 0 Å². The minimum Gasteiger partial charge on any atom is -0.391 e. The first-order chi connectivity index (χ1) is 15.2. The van der Waals surface area contributed by atoms with E-state index >= 15 is 0 Å². The fourth-order valence-electron chi connectivity index (χ4n) is 9.10. The summed E-state index contributed by atoms with van der Waals surface area (Å²) in [7, 11) is 1.97. The van der Waals surface area contributed by atoms with Crippen molar-refractivity contribution < 1.29 is 14.7 Å². The van der Waals surface area contributed by atoms with Gasteiger partial charge in [-0.2, -0.15) is 0 Å². The van der Waals surface area contributed by atoms with Gasteiger partial charge in [0.05, 0.1) is 12.1 Å². The van der Waals surface area contributed by atoms with E-state index in [2.05, 4.69) is 26.1 Å². The molecule has 1 heterocycles. The highest BCUT2D eigenvalue weighted by atomic mass is 16.3. The Hall–Kier alpha value is -1.36. The summed E-state index contributed by atoms with van der Waals surface area (Å²) in [6.07, 6.45) is 10.6. The third kappa shape index (κ3) is 3.20. The molecule has 4 fully saturated rings. The lowest BCUT2D eigenvalue weighted by Gasteiger charge is -2.59. The molecule has 3 saturated carbocycles. The van der Waals surface area contributed by atoms with E-state index in [4.69, 9.17) is 0 Å². The van der Waals surface area contributed by atoms with Gasteiger partial charge in [-0.05, 0) is 81.5 Å². The molecule has 5 heteroatoms. The van der Waals surface area contributed by atoms with Gasteiger partial charge >= 0.3 is 0 Å². The van der Waals surface area contributed by atoms with Gasteiger partial charge in [0, 0.05) is 30.5 Å². The van der Waals surface area contributed by atoms with E-state index in [1.165, 1.54) is 11.3 Å². The van der Waals surface area contributed by atoms with Crippen LogP contribution in [0.1, 0.15) is 91.4 Å². The first kappa shape index (κ1) is 22.4. The smallest absolute Gasteiger partial charge is 0.226 e. The second-order valence-electron chi connectivity index (χ2n) is 12.2. The number of aliphatic hydroxyl groups excluding tert-OH is 1. The maximum atomic E-state index is 13.4. The van der Waals surface area contributed by atoms with Crippen LogP contribution < -0.4 is 5.32 Å². The molecule has 32 heavy (non-hydrogen) atoms. The molecule has 4 aliphatic carbocycles. The fourth-order valence-corrected chi connectivity index (χ4v) is 9.10. The van der Waals surface area contributed by atoms with Crippen molar-refractivity contribution in [2.24, 2.45) is 34.5 Å². The number of hydrogen-bond donors (Lipinski definition) is 2. The third-order valence-corrected chi connectivity index (χ3v) is 10.7. The monoisotopic (exact) mass is 442 g/mol. The van der Waals surface area contributed by atoms with Crippen molar-refractivity contribution in [3.63, 3.8) is 0 Å². The summed E-state index contributed by atoms with van der Waals surface area (Å²) in [5.41, 5.74) is 2.84. The van der Waals surface area contributed by atoms with Gasteiger partial charge in [-0.25, -0.2) is 0 Å². The Balaban J connectivity index is 1.38. The summed E-state index contributed by atoms with van der Waals surface area (Å²) < 4.78 is 0. The zero-order valence-corrected chi connectivity index (χ0v) is 20.5. The lowest BCUT2D eigenvalue weighted by molar-refractivity contribution is -0.139. The van der Waals surface area contributed by atoms with Crippen LogP contribution in [-0.4, -0.2) is 41.0 Å². The maximum Gasteiger partial charge on any atom is 0.226 e. The quantitative estimate of drug-likeness (QED) is 0.666. The molecule has 0 radical (unpaired) electrons. The molecule has 0 aromatic heterocycles. The van der Waals surface area contributed by atoms with Crippen LogP contribution in [0.25, 0.3) is 0 Å². The first-order valence-electron chi connectivity index (χ1n) is 13.1. The van der Waals surface area contributed by atoms with Crippen molar-refractivity contribution >= 4 is 11.8 Å². The molecule has 5 nitrogen and oxygen atoms in total. The Morgan fingerprint density at radius 1 is 1.06 bits per heavy atom. The van der Waals surface area contributed by atoms with E-state index in [1.54, 1.807) is 0 Å². The standard InChI is InChI=1S/C27H42N2O3/c1-16-15-17-18-9-10-20(25(32)28-21-7-5-6-8-22(21)30)26(18,2)13-11-19(17)27(3)14-12-23(31)29(4)24(16)27/h17-22,30H,5-15H2,1-4H3,(H,28,32)/t17-,18-,19+,20?,21-,22-,26-,27+/m0/s1. The van der Waals surface area contributed by atoms with E-state index in [1.807, 2.05) is 11.9 Å². The maximum absolute atomic E-state index is 13.4. The van der Waals surface area contributed by atoms with Gasteiger partial charge in [0.1, 0.15) is 0 Å². The number of allylic oxidation sites excluding steroid dienone is 2. The number of rotatable bonds is 2. The van der Waals surface area contributed by atoms with Crippen LogP contribution >= 0.6 is 0 Å². The van der Waals surface area contributed by atoms with Crippen molar-refractivity contribution in [3.05, 3.63) is 11.3 Å². The summed E-state index contributed by atoms with van der Waals surface area (Å²) in [5, 5.41) is 13.6. The number of aliphatic hydroxyl groups is 1. The molecule has 1 saturated heterocycles. The predicted octanol–water partition coefficient (Wildman–Crippen LogP) is 4.40. The van der Waals surface area contributed by atoms with Gasteiger partial charge in [-0.3, -0.25) is 9.59 Å². The molecule has 1 unspecified atom stereocenters.